The van der Waals surface area contributed by atoms with Gasteiger partial charge in [0.25, 0.3) is 6.01 Å². The molecule has 1 heterocycles. The lowest BCUT2D eigenvalue weighted by Crippen LogP contribution is -1.90. The Labute approximate surface area is 127 Å². The molecule has 106 valence electrons. The summed E-state index contributed by atoms with van der Waals surface area (Å²) in [6.07, 6.45) is 1.61. The fraction of sp³-hybridized carbons (Fsp3) is 0.0625. The van der Waals surface area contributed by atoms with Crippen molar-refractivity contribution in [2.24, 2.45) is 0 Å². The fourth-order valence-corrected chi connectivity index (χ4v) is 2.01. The summed E-state index contributed by atoms with van der Waals surface area (Å²) in [5, 5.41) is 3.79. The van der Waals surface area contributed by atoms with Crippen molar-refractivity contribution in [3.05, 3.63) is 59.8 Å². The zero-order valence-electron chi connectivity index (χ0n) is 11.3. The molecular formula is C16H13ClN2O2. The number of benzene rings is 2. The van der Waals surface area contributed by atoms with Gasteiger partial charge in [0.15, 0.2) is 0 Å². The molecule has 0 bridgehead atoms. The van der Waals surface area contributed by atoms with E-state index in [2.05, 4.69) is 10.3 Å². The monoisotopic (exact) mass is 300 g/mol. The Kier molecular flexibility index (Phi) is 3.79. The largest absolute Gasteiger partial charge is 0.497 e. The minimum atomic E-state index is 0.435. The first-order valence-electron chi connectivity index (χ1n) is 6.37. The average Bonchev–Trinajstić information content (AvgIpc) is 2.97. The molecule has 0 fully saturated rings. The highest BCUT2D eigenvalue weighted by Gasteiger charge is 2.06. The van der Waals surface area contributed by atoms with E-state index in [9.17, 15) is 0 Å². The summed E-state index contributed by atoms with van der Waals surface area (Å²) in [6.45, 7) is 0. The number of nitrogens with one attached hydrogen (secondary N) is 1. The molecule has 0 saturated heterocycles. The van der Waals surface area contributed by atoms with Crippen LogP contribution in [0.2, 0.25) is 5.02 Å². The first-order valence-corrected chi connectivity index (χ1v) is 6.75. The Morgan fingerprint density at radius 1 is 1.05 bits per heavy atom. The minimum Gasteiger partial charge on any atom is -0.497 e. The van der Waals surface area contributed by atoms with Gasteiger partial charge in [-0.3, -0.25) is 0 Å². The highest BCUT2D eigenvalue weighted by atomic mass is 35.5. The number of aromatic nitrogens is 1. The third-order valence-electron chi connectivity index (χ3n) is 2.99. The number of hydrogen-bond donors (Lipinski definition) is 1. The van der Waals surface area contributed by atoms with Gasteiger partial charge in [-0.15, -0.1) is 0 Å². The molecule has 2 aromatic carbocycles. The molecule has 4 nitrogen and oxygen atoms in total. The van der Waals surface area contributed by atoms with Crippen LogP contribution in [0.25, 0.3) is 11.3 Å². The summed E-state index contributed by atoms with van der Waals surface area (Å²) in [6, 6.07) is 15.4. The topological polar surface area (TPSA) is 47.3 Å². The van der Waals surface area contributed by atoms with Crippen LogP contribution in [0.1, 0.15) is 0 Å². The number of halogens is 1. The molecule has 1 N–H and O–H groups in total. The Morgan fingerprint density at radius 2 is 1.76 bits per heavy atom. The number of rotatable bonds is 4. The van der Waals surface area contributed by atoms with Gasteiger partial charge in [0.2, 0.25) is 0 Å². The van der Waals surface area contributed by atoms with Crippen LogP contribution in [0.15, 0.2) is 59.2 Å². The zero-order chi connectivity index (χ0) is 14.7. The summed E-state index contributed by atoms with van der Waals surface area (Å²) >= 11 is 5.87. The van der Waals surface area contributed by atoms with Crippen LogP contribution in [0, 0.1) is 0 Å². The summed E-state index contributed by atoms with van der Waals surface area (Å²) in [5.41, 5.74) is 2.58. The molecule has 0 spiro atoms. The van der Waals surface area contributed by atoms with E-state index in [0.29, 0.717) is 11.0 Å². The highest BCUT2D eigenvalue weighted by molar-refractivity contribution is 6.30. The van der Waals surface area contributed by atoms with Gasteiger partial charge in [-0.05, 0) is 36.4 Å². The van der Waals surface area contributed by atoms with E-state index in [1.165, 1.54) is 0 Å². The molecule has 3 aromatic rings. The number of nitrogens with zero attached hydrogens (tertiary/aromatic N) is 1. The van der Waals surface area contributed by atoms with Gasteiger partial charge >= 0.3 is 0 Å². The molecule has 1 aromatic heterocycles. The maximum absolute atomic E-state index is 5.87. The third kappa shape index (κ3) is 3.17. The van der Waals surface area contributed by atoms with E-state index in [0.717, 1.165) is 22.7 Å². The Hall–Kier alpha value is -2.46. The van der Waals surface area contributed by atoms with Crippen molar-refractivity contribution in [1.29, 1.82) is 0 Å². The molecule has 0 aliphatic carbocycles. The predicted octanol–water partition coefficient (Wildman–Crippen LogP) is 4.75. The van der Waals surface area contributed by atoms with Crippen LogP contribution in [-0.2, 0) is 0 Å². The molecule has 0 saturated carbocycles. The van der Waals surface area contributed by atoms with Crippen molar-refractivity contribution in [3.8, 4) is 17.0 Å². The van der Waals surface area contributed by atoms with E-state index in [1.807, 2.05) is 48.5 Å². The predicted molar refractivity (Wildman–Crippen MR) is 83.2 cm³/mol. The first kappa shape index (κ1) is 13.5. The van der Waals surface area contributed by atoms with Crippen LogP contribution in [-0.4, -0.2) is 12.1 Å². The summed E-state index contributed by atoms with van der Waals surface area (Å²) in [5.74, 6) is 0.801. The van der Waals surface area contributed by atoms with Gasteiger partial charge in [0.1, 0.15) is 17.7 Å². The Bertz CT molecular complexity index is 721. The number of oxazole rings is 1. The second-order valence-electron chi connectivity index (χ2n) is 4.40. The average molecular weight is 301 g/mol. The van der Waals surface area contributed by atoms with Gasteiger partial charge in [0.05, 0.1) is 7.11 Å². The number of hydrogen-bond acceptors (Lipinski definition) is 4. The molecule has 0 unspecified atom stereocenters. The lowest BCUT2D eigenvalue weighted by Gasteiger charge is -2.03. The normalized spacial score (nSPS) is 10.4. The Morgan fingerprint density at radius 3 is 2.43 bits per heavy atom. The number of ether oxygens (including phenoxy) is 1. The summed E-state index contributed by atoms with van der Waals surface area (Å²) < 4.78 is 10.5. The molecule has 0 aliphatic rings. The zero-order valence-corrected chi connectivity index (χ0v) is 12.1. The van der Waals surface area contributed by atoms with Gasteiger partial charge in [-0.1, -0.05) is 23.7 Å². The molecule has 0 atom stereocenters. The van der Waals surface area contributed by atoms with Crippen molar-refractivity contribution >= 4 is 23.3 Å². The number of anilines is 2. The fourth-order valence-electron chi connectivity index (χ4n) is 1.88. The second kappa shape index (κ2) is 5.89. The van der Waals surface area contributed by atoms with Crippen molar-refractivity contribution in [3.63, 3.8) is 0 Å². The van der Waals surface area contributed by atoms with Gasteiger partial charge in [-0.2, -0.15) is 4.98 Å². The van der Waals surface area contributed by atoms with Crippen LogP contribution < -0.4 is 10.1 Å². The lowest BCUT2D eigenvalue weighted by atomic mass is 10.2. The van der Waals surface area contributed by atoms with Crippen LogP contribution in [0.3, 0.4) is 0 Å². The minimum absolute atomic E-state index is 0.435. The lowest BCUT2D eigenvalue weighted by molar-refractivity contribution is 0.415. The van der Waals surface area contributed by atoms with E-state index in [1.54, 1.807) is 13.4 Å². The van der Waals surface area contributed by atoms with E-state index < -0.39 is 0 Å². The molecule has 3 rings (SSSR count). The smallest absolute Gasteiger partial charge is 0.299 e. The van der Waals surface area contributed by atoms with Crippen molar-refractivity contribution in [1.82, 2.24) is 4.98 Å². The maximum atomic E-state index is 5.87. The van der Waals surface area contributed by atoms with Crippen molar-refractivity contribution in [2.75, 3.05) is 12.4 Å². The third-order valence-corrected chi connectivity index (χ3v) is 3.24. The first-order chi connectivity index (χ1) is 10.2. The second-order valence-corrected chi connectivity index (χ2v) is 4.83. The summed E-state index contributed by atoms with van der Waals surface area (Å²) in [4.78, 5) is 4.40. The van der Waals surface area contributed by atoms with Crippen molar-refractivity contribution in [2.45, 2.75) is 0 Å². The quantitative estimate of drug-likeness (QED) is 0.755. The van der Waals surface area contributed by atoms with Gasteiger partial charge in [0, 0.05) is 16.3 Å². The van der Waals surface area contributed by atoms with Crippen LogP contribution >= 0.6 is 11.6 Å². The molecule has 5 heteroatoms. The Balaban J connectivity index is 1.76. The molecule has 0 aliphatic heterocycles. The molecule has 0 amide bonds. The molecule has 0 radical (unpaired) electrons. The molecular weight excluding hydrogens is 288 g/mol. The van der Waals surface area contributed by atoms with E-state index in [4.69, 9.17) is 20.8 Å². The maximum Gasteiger partial charge on any atom is 0.299 e. The highest BCUT2D eigenvalue weighted by Crippen LogP contribution is 2.24. The van der Waals surface area contributed by atoms with E-state index >= 15 is 0 Å². The standard InChI is InChI=1S/C16H13ClN2O2/c1-20-14-8-6-13(7-9-14)18-16-19-15(10-21-16)11-2-4-12(17)5-3-11/h2-10H,1H3,(H,18,19). The van der Waals surface area contributed by atoms with Gasteiger partial charge < -0.3 is 14.5 Å². The van der Waals surface area contributed by atoms with Crippen LogP contribution in [0.4, 0.5) is 11.7 Å². The van der Waals surface area contributed by atoms with E-state index in [-0.39, 0.29) is 0 Å². The SMILES string of the molecule is COc1ccc(Nc2nc(-c3ccc(Cl)cc3)co2)cc1. The van der Waals surface area contributed by atoms with Crippen molar-refractivity contribution < 1.29 is 9.15 Å². The summed E-state index contributed by atoms with van der Waals surface area (Å²) in [7, 11) is 1.63. The van der Waals surface area contributed by atoms with Crippen LogP contribution in [0.5, 0.6) is 5.75 Å². The van der Waals surface area contributed by atoms with Gasteiger partial charge in [-0.25, -0.2) is 0 Å². The molecule has 21 heavy (non-hydrogen) atoms. The number of methoxy groups -OCH3 is 1.